The fourth-order valence-corrected chi connectivity index (χ4v) is 3.06. The van der Waals surface area contributed by atoms with Gasteiger partial charge in [-0.1, -0.05) is 11.8 Å². The number of methoxy groups -OCH3 is 1. The van der Waals surface area contributed by atoms with Crippen molar-refractivity contribution in [1.82, 2.24) is 15.0 Å². The number of imidazole rings is 1. The van der Waals surface area contributed by atoms with Gasteiger partial charge in [0, 0.05) is 16.4 Å². The number of aromatic nitrogens is 3. The highest BCUT2D eigenvalue weighted by atomic mass is 79.9. The summed E-state index contributed by atoms with van der Waals surface area (Å²) in [6, 6.07) is 8.37. The number of benzene rings is 1. The second-order valence-corrected chi connectivity index (χ2v) is 6.85. The minimum Gasteiger partial charge on any atom is -0.465 e. The predicted molar refractivity (Wildman–Crippen MR) is 98.7 cm³/mol. The normalized spacial score (nSPS) is 10.6. The Morgan fingerprint density at radius 1 is 1.32 bits per heavy atom. The van der Waals surface area contributed by atoms with E-state index in [0.717, 1.165) is 9.99 Å². The van der Waals surface area contributed by atoms with Crippen LogP contribution >= 0.6 is 27.7 Å². The third kappa shape index (κ3) is 4.37. The maximum atomic E-state index is 12.0. The van der Waals surface area contributed by atoms with E-state index in [0.29, 0.717) is 22.1 Å². The first kappa shape index (κ1) is 17.4. The zero-order chi connectivity index (χ0) is 17.8. The molecule has 0 bridgehead atoms. The van der Waals surface area contributed by atoms with Crippen LogP contribution in [0.5, 0.6) is 0 Å². The molecule has 0 spiro atoms. The van der Waals surface area contributed by atoms with Crippen molar-refractivity contribution < 1.29 is 14.3 Å². The first-order valence-electron chi connectivity index (χ1n) is 7.17. The number of hydrogen-bond donors (Lipinski definition) is 2. The summed E-state index contributed by atoms with van der Waals surface area (Å²) >= 11 is 4.63. The highest BCUT2D eigenvalue weighted by molar-refractivity contribution is 9.10. The van der Waals surface area contributed by atoms with Gasteiger partial charge < -0.3 is 15.0 Å². The second-order valence-electron chi connectivity index (χ2n) is 4.97. The molecule has 2 heterocycles. The highest BCUT2D eigenvalue weighted by Crippen LogP contribution is 2.21. The van der Waals surface area contributed by atoms with Gasteiger partial charge in [-0.2, -0.15) is 0 Å². The minimum absolute atomic E-state index is 0.176. The topological polar surface area (TPSA) is 97.0 Å². The molecule has 2 N–H and O–H groups in total. The molecular formula is C16H13BrN4O3S. The number of thioether (sulfide) groups is 1. The lowest BCUT2D eigenvalue weighted by molar-refractivity contribution is -0.113. The van der Waals surface area contributed by atoms with Crippen molar-refractivity contribution in [1.29, 1.82) is 0 Å². The lowest BCUT2D eigenvalue weighted by Crippen LogP contribution is -2.14. The van der Waals surface area contributed by atoms with E-state index < -0.39 is 5.97 Å². The number of hydrogen-bond acceptors (Lipinski definition) is 6. The monoisotopic (exact) mass is 420 g/mol. The van der Waals surface area contributed by atoms with Gasteiger partial charge in [-0.05, 0) is 46.3 Å². The smallest absolute Gasteiger partial charge is 0.337 e. The number of esters is 1. The maximum absolute atomic E-state index is 12.0. The predicted octanol–water partition coefficient (Wildman–Crippen LogP) is 3.24. The van der Waals surface area contributed by atoms with Crippen molar-refractivity contribution in [3.05, 3.63) is 46.6 Å². The number of nitrogens with one attached hydrogen (secondary N) is 2. The lowest BCUT2D eigenvalue weighted by Gasteiger charge is -2.05. The van der Waals surface area contributed by atoms with Crippen LogP contribution in [0.2, 0.25) is 0 Å². The standard InChI is InChI=1S/C16H13BrN4O3S/c1-24-15(23)9-2-4-11(5-3-9)19-13(22)8-25-16-20-12-6-10(17)7-18-14(12)21-16/h2-7H,8H2,1H3,(H,19,22)(H,18,20,21). The molecule has 0 aliphatic rings. The summed E-state index contributed by atoms with van der Waals surface area (Å²) in [4.78, 5) is 35.0. The van der Waals surface area contributed by atoms with E-state index in [4.69, 9.17) is 0 Å². The quantitative estimate of drug-likeness (QED) is 0.485. The number of carbonyl (C=O) groups excluding carboxylic acids is 2. The van der Waals surface area contributed by atoms with Crippen molar-refractivity contribution in [2.45, 2.75) is 5.16 Å². The van der Waals surface area contributed by atoms with E-state index in [9.17, 15) is 9.59 Å². The van der Waals surface area contributed by atoms with Gasteiger partial charge >= 0.3 is 5.97 Å². The molecule has 0 unspecified atom stereocenters. The molecular weight excluding hydrogens is 408 g/mol. The molecule has 0 fully saturated rings. The molecule has 0 saturated heterocycles. The van der Waals surface area contributed by atoms with Gasteiger partial charge in [0.2, 0.25) is 5.91 Å². The Labute approximate surface area is 155 Å². The van der Waals surface area contributed by atoms with Gasteiger partial charge in [-0.25, -0.2) is 14.8 Å². The van der Waals surface area contributed by atoms with Crippen LogP contribution in [-0.2, 0) is 9.53 Å². The fraction of sp³-hybridized carbons (Fsp3) is 0.125. The molecule has 0 atom stereocenters. The van der Waals surface area contributed by atoms with Crippen LogP contribution in [0, 0.1) is 0 Å². The number of ether oxygens (including phenoxy) is 1. The fourth-order valence-electron chi connectivity index (χ4n) is 2.06. The number of H-pyrrole nitrogens is 1. The van der Waals surface area contributed by atoms with E-state index in [-0.39, 0.29) is 11.7 Å². The van der Waals surface area contributed by atoms with Crippen LogP contribution in [0.4, 0.5) is 5.69 Å². The van der Waals surface area contributed by atoms with Crippen molar-refractivity contribution in [3.63, 3.8) is 0 Å². The summed E-state index contributed by atoms with van der Waals surface area (Å²) in [7, 11) is 1.32. The van der Waals surface area contributed by atoms with E-state index in [1.54, 1.807) is 30.5 Å². The molecule has 3 rings (SSSR count). The molecule has 0 aliphatic heterocycles. The number of fused-ring (bicyclic) bond motifs is 1. The Morgan fingerprint density at radius 3 is 2.80 bits per heavy atom. The number of halogens is 1. The first-order chi connectivity index (χ1) is 12.0. The van der Waals surface area contributed by atoms with E-state index >= 15 is 0 Å². The summed E-state index contributed by atoms with van der Waals surface area (Å²) in [5.41, 5.74) is 2.43. The Hall–Kier alpha value is -2.39. The van der Waals surface area contributed by atoms with Crippen LogP contribution in [0.3, 0.4) is 0 Å². The summed E-state index contributed by atoms with van der Waals surface area (Å²) in [6.07, 6.45) is 1.67. The summed E-state index contributed by atoms with van der Waals surface area (Å²) < 4.78 is 5.48. The van der Waals surface area contributed by atoms with E-state index in [1.807, 2.05) is 6.07 Å². The zero-order valence-electron chi connectivity index (χ0n) is 13.1. The number of rotatable bonds is 5. The number of anilines is 1. The molecule has 0 saturated carbocycles. The van der Waals surface area contributed by atoms with Crippen LogP contribution in [0.25, 0.3) is 11.2 Å². The molecule has 128 valence electrons. The molecule has 25 heavy (non-hydrogen) atoms. The third-order valence-electron chi connectivity index (χ3n) is 3.21. The largest absolute Gasteiger partial charge is 0.465 e. The highest BCUT2D eigenvalue weighted by Gasteiger charge is 2.09. The third-order valence-corrected chi connectivity index (χ3v) is 4.52. The molecule has 2 aromatic heterocycles. The lowest BCUT2D eigenvalue weighted by atomic mass is 10.2. The Kier molecular flexibility index (Phi) is 5.34. The number of amides is 1. The molecule has 9 heteroatoms. The summed E-state index contributed by atoms with van der Waals surface area (Å²) in [6.45, 7) is 0. The van der Waals surface area contributed by atoms with Crippen LogP contribution < -0.4 is 5.32 Å². The SMILES string of the molecule is COC(=O)c1ccc(NC(=O)CSc2nc3ncc(Br)cc3[nH]2)cc1. The molecule has 0 radical (unpaired) electrons. The number of nitrogens with zero attached hydrogens (tertiary/aromatic N) is 2. The van der Waals surface area contributed by atoms with Crippen LogP contribution in [-0.4, -0.2) is 39.7 Å². The van der Waals surface area contributed by atoms with Gasteiger partial charge in [0.05, 0.1) is 23.9 Å². The first-order valence-corrected chi connectivity index (χ1v) is 8.95. The van der Waals surface area contributed by atoms with Gasteiger partial charge in [0.25, 0.3) is 0 Å². The second kappa shape index (κ2) is 7.66. The number of carbonyl (C=O) groups is 2. The van der Waals surface area contributed by atoms with Gasteiger partial charge in [0.1, 0.15) is 0 Å². The molecule has 3 aromatic rings. The summed E-state index contributed by atoms with van der Waals surface area (Å²) in [5.74, 6) is -0.399. The van der Waals surface area contributed by atoms with Crippen molar-refractivity contribution in [2.75, 3.05) is 18.2 Å². The van der Waals surface area contributed by atoms with Crippen LogP contribution in [0.1, 0.15) is 10.4 Å². The van der Waals surface area contributed by atoms with Gasteiger partial charge in [-0.15, -0.1) is 0 Å². The van der Waals surface area contributed by atoms with Crippen molar-refractivity contribution >= 4 is 56.4 Å². The average molecular weight is 421 g/mol. The van der Waals surface area contributed by atoms with Gasteiger partial charge in [-0.3, -0.25) is 4.79 Å². The molecule has 1 amide bonds. The number of aromatic amines is 1. The molecule has 0 aliphatic carbocycles. The maximum Gasteiger partial charge on any atom is 0.337 e. The summed E-state index contributed by atoms with van der Waals surface area (Å²) in [5, 5.41) is 3.38. The zero-order valence-corrected chi connectivity index (χ0v) is 15.5. The van der Waals surface area contributed by atoms with Gasteiger partial charge in [0.15, 0.2) is 10.8 Å². The van der Waals surface area contributed by atoms with Crippen molar-refractivity contribution in [3.8, 4) is 0 Å². The molecule has 1 aromatic carbocycles. The van der Waals surface area contributed by atoms with Crippen LogP contribution in [0.15, 0.2) is 46.2 Å². The van der Waals surface area contributed by atoms with E-state index in [1.165, 1.54) is 18.9 Å². The Bertz CT molecular complexity index is 927. The Morgan fingerprint density at radius 2 is 2.08 bits per heavy atom. The molecule has 7 nitrogen and oxygen atoms in total. The number of pyridine rings is 1. The minimum atomic E-state index is -0.418. The van der Waals surface area contributed by atoms with Crippen molar-refractivity contribution in [2.24, 2.45) is 0 Å². The van der Waals surface area contributed by atoms with E-state index in [2.05, 4.69) is 40.9 Å². The average Bonchev–Trinajstić information content (AvgIpc) is 3.02. The Balaban J connectivity index is 1.57.